The van der Waals surface area contributed by atoms with Crippen molar-refractivity contribution in [1.82, 2.24) is 0 Å². The lowest BCUT2D eigenvalue weighted by molar-refractivity contribution is 1.65. The summed E-state index contributed by atoms with van der Waals surface area (Å²) in [7, 11) is 0. The Kier molecular flexibility index (Phi) is 6.48. The van der Waals surface area contributed by atoms with Gasteiger partial charge in [0.2, 0.25) is 0 Å². The topological polar surface area (TPSA) is 0 Å². The Morgan fingerprint density at radius 2 is 0.833 bits per heavy atom. The van der Waals surface area contributed by atoms with Gasteiger partial charge in [0.1, 0.15) is 0 Å². The normalized spacial score (nSPS) is 12.1. The van der Waals surface area contributed by atoms with Crippen LogP contribution in [0, 0.1) is 0 Å². The van der Waals surface area contributed by atoms with Crippen molar-refractivity contribution in [2.24, 2.45) is 0 Å². The highest BCUT2D eigenvalue weighted by atomic mass is 32.1. The van der Waals surface area contributed by atoms with Crippen molar-refractivity contribution in [3.63, 3.8) is 0 Å². The molecule has 0 amide bonds. The Morgan fingerprint density at radius 1 is 0.278 bits per heavy atom. The van der Waals surface area contributed by atoms with Crippen LogP contribution in [0.15, 0.2) is 182 Å². The largest absolute Gasteiger partial charge is 0.135 e. The molecule has 0 unspecified atom stereocenters. The summed E-state index contributed by atoms with van der Waals surface area (Å²) in [6, 6.07) is 67.8. The number of hydrogen-bond donors (Lipinski definition) is 0. The van der Waals surface area contributed by atoms with Crippen LogP contribution in [0.25, 0.3) is 117 Å². The SMILES string of the molecule is c1cc(-c2c3ccccc3c(-c3cccc4ccccc34)c3ccccc23)cc(-c2cc3sc4ccccc4c3c3ccc4c5ccccc5sc4c23)c1. The fraction of sp³-hybridized carbons (Fsp3) is 0. The van der Waals surface area contributed by atoms with Gasteiger partial charge >= 0.3 is 0 Å². The van der Waals surface area contributed by atoms with Gasteiger partial charge in [0, 0.05) is 45.7 Å². The molecule has 0 aliphatic carbocycles. The second-order valence-corrected chi connectivity index (χ2v) is 16.4. The van der Waals surface area contributed by atoms with Crippen molar-refractivity contribution in [2.45, 2.75) is 0 Å². The third-order valence-electron chi connectivity index (χ3n) is 11.4. The lowest BCUT2D eigenvalue weighted by atomic mass is 9.84. The molecule has 0 saturated carbocycles. The van der Waals surface area contributed by atoms with Gasteiger partial charge in [-0.25, -0.2) is 0 Å². The van der Waals surface area contributed by atoms with Crippen molar-refractivity contribution in [2.75, 3.05) is 0 Å². The van der Waals surface area contributed by atoms with Crippen molar-refractivity contribution in [3.8, 4) is 33.4 Å². The molecule has 0 fully saturated rings. The van der Waals surface area contributed by atoms with E-state index in [2.05, 4.69) is 182 Å². The maximum atomic E-state index is 2.48. The minimum absolute atomic E-state index is 1.23. The standard InChI is InChI=1S/C52H30S2/c1-2-17-34-31(13-1)14-12-24-36(34)49-39-21-5-3-19-37(39)48(38-20-4-6-22-40(38)49)33-16-11-15-32(29-33)44-30-47-50(42-23-8-10-26-46(42)53-47)43-28-27-41-35-18-7-9-25-45(35)54-52(41)51(43)44/h1-30H. The molecular formula is C52H30S2. The highest BCUT2D eigenvalue weighted by molar-refractivity contribution is 7.27. The van der Waals surface area contributed by atoms with E-state index in [-0.39, 0.29) is 0 Å². The van der Waals surface area contributed by atoms with Gasteiger partial charge in [0.25, 0.3) is 0 Å². The zero-order valence-electron chi connectivity index (χ0n) is 29.1. The van der Waals surface area contributed by atoms with E-state index in [0.717, 1.165) is 0 Å². The first-order chi connectivity index (χ1) is 26.8. The van der Waals surface area contributed by atoms with Crippen LogP contribution in [0.2, 0.25) is 0 Å². The summed E-state index contributed by atoms with van der Waals surface area (Å²) < 4.78 is 5.36. The Morgan fingerprint density at radius 3 is 1.59 bits per heavy atom. The molecule has 0 spiro atoms. The second-order valence-electron chi connectivity index (χ2n) is 14.3. The average molecular weight is 719 g/mol. The van der Waals surface area contributed by atoms with E-state index in [1.807, 2.05) is 22.7 Å². The first kappa shape index (κ1) is 30.2. The van der Waals surface area contributed by atoms with Crippen LogP contribution in [0.4, 0.5) is 0 Å². The van der Waals surface area contributed by atoms with E-state index >= 15 is 0 Å². The van der Waals surface area contributed by atoms with E-state index in [4.69, 9.17) is 0 Å². The van der Waals surface area contributed by atoms with Crippen LogP contribution in [0.5, 0.6) is 0 Å². The highest BCUT2D eigenvalue weighted by Gasteiger charge is 2.21. The summed E-state index contributed by atoms with van der Waals surface area (Å²) in [5.74, 6) is 0. The monoisotopic (exact) mass is 718 g/mol. The van der Waals surface area contributed by atoms with Gasteiger partial charge in [0.15, 0.2) is 0 Å². The van der Waals surface area contributed by atoms with Gasteiger partial charge in [-0.1, -0.05) is 158 Å². The molecule has 0 aliphatic rings. The van der Waals surface area contributed by atoms with Crippen LogP contribution < -0.4 is 0 Å². The van der Waals surface area contributed by atoms with Crippen molar-refractivity contribution < 1.29 is 0 Å². The van der Waals surface area contributed by atoms with Crippen LogP contribution in [-0.2, 0) is 0 Å². The number of benzene rings is 10. The maximum Gasteiger partial charge on any atom is 0.0440 e. The lowest BCUT2D eigenvalue weighted by Crippen LogP contribution is -1.92. The summed E-state index contributed by atoms with van der Waals surface area (Å²) in [6.07, 6.45) is 0. The van der Waals surface area contributed by atoms with Crippen molar-refractivity contribution in [1.29, 1.82) is 0 Å². The summed E-state index contributed by atoms with van der Waals surface area (Å²) in [5.41, 5.74) is 7.63. The predicted molar refractivity (Wildman–Crippen MR) is 239 cm³/mol. The van der Waals surface area contributed by atoms with Gasteiger partial charge in [0.05, 0.1) is 0 Å². The smallest absolute Gasteiger partial charge is 0.0440 e. The molecule has 2 heteroatoms. The maximum absolute atomic E-state index is 2.48. The molecule has 250 valence electrons. The van der Waals surface area contributed by atoms with Gasteiger partial charge in [-0.15, -0.1) is 22.7 Å². The molecule has 10 aromatic carbocycles. The number of hydrogen-bond acceptors (Lipinski definition) is 2. The Bertz CT molecular complexity index is 3440. The highest BCUT2D eigenvalue weighted by Crippen LogP contribution is 2.50. The molecule has 12 rings (SSSR count). The lowest BCUT2D eigenvalue weighted by Gasteiger charge is -2.19. The predicted octanol–water partition coefficient (Wildman–Crippen LogP) is 16.0. The summed E-state index contributed by atoms with van der Waals surface area (Å²) in [4.78, 5) is 0. The molecule has 0 N–H and O–H groups in total. The zero-order chi connectivity index (χ0) is 35.3. The molecule has 2 aromatic heterocycles. The van der Waals surface area contributed by atoms with Gasteiger partial charge < -0.3 is 0 Å². The van der Waals surface area contributed by atoms with Gasteiger partial charge in [-0.2, -0.15) is 0 Å². The molecule has 0 bridgehead atoms. The molecule has 0 atom stereocenters. The quantitative estimate of drug-likeness (QED) is 0.160. The molecular weight excluding hydrogens is 689 g/mol. The van der Waals surface area contributed by atoms with E-state index in [1.54, 1.807) is 0 Å². The number of fused-ring (bicyclic) bond motifs is 12. The summed E-state index contributed by atoms with van der Waals surface area (Å²) in [5, 5.41) is 15.7. The first-order valence-electron chi connectivity index (χ1n) is 18.5. The van der Waals surface area contributed by atoms with E-state index in [0.29, 0.717) is 0 Å². The number of rotatable bonds is 3. The fourth-order valence-corrected chi connectivity index (χ4v) is 11.6. The molecule has 0 radical (unpaired) electrons. The first-order valence-corrected chi connectivity index (χ1v) is 20.1. The molecule has 2 heterocycles. The van der Waals surface area contributed by atoms with E-state index < -0.39 is 0 Å². The Hall–Kier alpha value is -6.32. The average Bonchev–Trinajstić information content (AvgIpc) is 3.81. The minimum atomic E-state index is 1.23. The fourth-order valence-electron chi connectivity index (χ4n) is 9.15. The van der Waals surface area contributed by atoms with Gasteiger partial charge in [-0.05, 0) is 95.3 Å². The number of thiophene rings is 2. The van der Waals surface area contributed by atoms with Crippen LogP contribution in [0.3, 0.4) is 0 Å². The minimum Gasteiger partial charge on any atom is -0.135 e. The zero-order valence-corrected chi connectivity index (χ0v) is 30.8. The van der Waals surface area contributed by atoms with Crippen molar-refractivity contribution in [3.05, 3.63) is 182 Å². The van der Waals surface area contributed by atoms with Crippen LogP contribution >= 0.6 is 22.7 Å². The summed E-state index contributed by atoms with van der Waals surface area (Å²) in [6.45, 7) is 0. The van der Waals surface area contributed by atoms with Crippen LogP contribution in [0.1, 0.15) is 0 Å². The molecule has 0 aliphatic heterocycles. The molecule has 12 aromatic rings. The third kappa shape index (κ3) is 4.30. The van der Waals surface area contributed by atoms with Gasteiger partial charge in [-0.3, -0.25) is 0 Å². The Balaban J connectivity index is 1.17. The summed E-state index contributed by atoms with van der Waals surface area (Å²) >= 11 is 3.83. The van der Waals surface area contributed by atoms with Crippen molar-refractivity contribution >= 4 is 106 Å². The van der Waals surface area contributed by atoms with E-state index in [9.17, 15) is 0 Å². The molecule has 54 heavy (non-hydrogen) atoms. The second kappa shape index (κ2) is 11.6. The van der Waals surface area contributed by atoms with E-state index in [1.165, 1.54) is 117 Å². The molecule has 0 nitrogen and oxygen atoms in total. The third-order valence-corrected chi connectivity index (χ3v) is 13.8. The van der Waals surface area contributed by atoms with Crippen LogP contribution in [-0.4, -0.2) is 0 Å². The Labute approximate surface area is 319 Å². The molecule has 0 saturated heterocycles.